The largest absolute Gasteiger partial charge is 0.492 e. The van der Waals surface area contributed by atoms with Crippen LogP contribution in [-0.2, 0) is 27.8 Å². The van der Waals surface area contributed by atoms with E-state index in [2.05, 4.69) is 4.90 Å². The number of fused-ring (bicyclic) bond motifs is 1. The van der Waals surface area contributed by atoms with Crippen LogP contribution in [0.4, 0.5) is 0 Å². The molecular formula is C24H30ClN3O4S. The van der Waals surface area contributed by atoms with Crippen molar-refractivity contribution >= 4 is 27.5 Å². The lowest BCUT2D eigenvalue weighted by atomic mass is 9.95. The van der Waals surface area contributed by atoms with Gasteiger partial charge >= 0.3 is 0 Å². The van der Waals surface area contributed by atoms with Crippen LogP contribution in [-0.4, -0.2) is 79.6 Å². The standard InChI is InChI=1S/C24H30ClN3O4S/c1-2-33(30,31)28-18-20-6-4-3-5-19(20)17-23(28)24(29)27-13-11-26(12-14-27)15-16-32-22-9-7-21(25)8-10-22/h3-10,23H,2,11-18H2,1H3. The minimum Gasteiger partial charge on any atom is -0.492 e. The summed E-state index contributed by atoms with van der Waals surface area (Å²) in [6.45, 7) is 5.83. The van der Waals surface area contributed by atoms with Crippen LogP contribution in [0.15, 0.2) is 48.5 Å². The first-order chi connectivity index (χ1) is 15.9. The van der Waals surface area contributed by atoms with Crippen LogP contribution in [0.2, 0.25) is 5.02 Å². The van der Waals surface area contributed by atoms with E-state index < -0.39 is 16.1 Å². The van der Waals surface area contributed by atoms with E-state index in [-0.39, 0.29) is 18.2 Å². The van der Waals surface area contributed by atoms with Gasteiger partial charge < -0.3 is 9.64 Å². The van der Waals surface area contributed by atoms with E-state index in [9.17, 15) is 13.2 Å². The maximum Gasteiger partial charge on any atom is 0.241 e. The molecule has 0 aliphatic carbocycles. The summed E-state index contributed by atoms with van der Waals surface area (Å²) in [5.74, 6) is 0.668. The van der Waals surface area contributed by atoms with Crippen molar-refractivity contribution in [3.05, 3.63) is 64.7 Å². The molecule has 33 heavy (non-hydrogen) atoms. The van der Waals surface area contributed by atoms with E-state index in [4.69, 9.17) is 16.3 Å². The Morgan fingerprint density at radius 3 is 2.36 bits per heavy atom. The summed E-state index contributed by atoms with van der Waals surface area (Å²) < 4.78 is 32.8. The molecule has 2 aromatic rings. The molecule has 0 aromatic heterocycles. The molecule has 0 spiro atoms. The number of benzene rings is 2. The van der Waals surface area contributed by atoms with Gasteiger partial charge in [0.2, 0.25) is 15.9 Å². The molecule has 1 atom stereocenters. The van der Waals surface area contributed by atoms with Gasteiger partial charge in [0.25, 0.3) is 0 Å². The third kappa shape index (κ3) is 5.69. The average molecular weight is 492 g/mol. The molecule has 1 saturated heterocycles. The van der Waals surface area contributed by atoms with Gasteiger partial charge in [-0.3, -0.25) is 9.69 Å². The topological polar surface area (TPSA) is 70.2 Å². The quantitative estimate of drug-likeness (QED) is 0.595. The Labute approximate surface area is 200 Å². The van der Waals surface area contributed by atoms with Gasteiger partial charge in [-0.2, -0.15) is 4.31 Å². The molecule has 0 saturated carbocycles. The highest BCUT2D eigenvalue weighted by molar-refractivity contribution is 7.89. The Hall–Kier alpha value is -2.13. The fourth-order valence-corrected chi connectivity index (χ4v) is 5.74. The van der Waals surface area contributed by atoms with Crippen molar-refractivity contribution in [3.63, 3.8) is 0 Å². The summed E-state index contributed by atoms with van der Waals surface area (Å²) in [5.41, 5.74) is 2.03. The highest BCUT2D eigenvalue weighted by atomic mass is 35.5. The first-order valence-electron chi connectivity index (χ1n) is 11.3. The Morgan fingerprint density at radius 1 is 1.03 bits per heavy atom. The first kappa shape index (κ1) is 24.0. The van der Waals surface area contributed by atoms with Gasteiger partial charge in [-0.15, -0.1) is 0 Å². The highest BCUT2D eigenvalue weighted by Gasteiger charge is 2.40. The number of halogens is 1. The van der Waals surface area contributed by atoms with Gasteiger partial charge in [-0.05, 0) is 48.7 Å². The molecule has 2 aliphatic rings. The molecule has 0 bridgehead atoms. The zero-order valence-corrected chi connectivity index (χ0v) is 20.4. The number of hydrogen-bond donors (Lipinski definition) is 0. The summed E-state index contributed by atoms with van der Waals surface area (Å²) in [7, 11) is -3.50. The van der Waals surface area contributed by atoms with Crippen LogP contribution < -0.4 is 4.74 Å². The number of amides is 1. The van der Waals surface area contributed by atoms with Crippen molar-refractivity contribution in [1.29, 1.82) is 0 Å². The number of nitrogens with zero attached hydrogens (tertiary/aromatic N) is 3. The molecule has 9 heteroatoms. The number of hydrogen-bond acceptors (Lipinski definition) is 5. The number of carbonyl (C=O) groups is 1. The van der Waals surface area contributed by atoms with Crippen molar-refractivity contribution in [2.45, 2.75) is 25.9 Å². The van der Waals surface area contributed by atoms with Crippen molar-refractivity contribution in [3.8, 4) is 5.75 Å². The van der Waals surface area contributed by atoms with Crippen molar-refractivity contribution in [2.24, 2.45) is 0 Å². The first-order valence-corrected chi connectivity index (χ1v) is 13.3. The van der Waals surface area contributed by atoms with Crippen LogP contribution >= 0.6 is 11.6 Å². The summed E-state index contributed by atoms with van der Waals surface area (Å²) in [5, 5.41) is 0.676. The Bertz CT molecular complexity index is 1070. The molecule has 2 aromatic carbocycles. The van der Waals surface area contributed by atoms with Crippen molar-refractivity contribution in [2.75, 3.05) is 45.1 Å². The van der Waals surface area contributed by atoms with Gasteiger partial charge in [0.05, 0.1) is 5.75 Å². The molecule has 7 nitrogen and oxygen atoms in total. The van der Waals surface area contributed by atoms with Gasteiger partial charge in [0.15, 0.2) is 0 Å². The second-order valence-corrected chi connectivity index (χ2v) is 11.1. The number of carbonyl (C=O) groups excluding carboxylic acids is 1. The van der Waals surface area contributed by atoms with E-state index in [1.807, 2.05) is 41.3 Å². The van der Waals surface area contributed by atoms with Crippen molar-refractivity contribution < 1.29 is 17.9 Å². The number of rotatable bonds is 7. The lowest BCUT2D eigenvalue weighted by molar-refractivity contribution is -0.137. The third-order valence-electron chi connectivity index (χ3n) is 6.39. The lowest BCUT2D eigenvalue weighted by Gasteiger charge is -2.40. The molecule has 1 amide bonds. The number of ether oxygens (including phenoxy) is 1. The van der Waals surface area contributed by atoms with Crippen molar-refractivity contribution in [1.82, 2.24) is 14.1 Å². The number of piperazine rings is 1. The van der Waals surface area contributed by atoms with Crippen LogP contribution in [0.5, 0.6) is 5.75 Å². The summed E-state index contributed by atoms with van der Waals surface area (Å²) >= 11 is 5.90. The normalized spacial score (nSPS) is 19.8. The fourth-order valence-electron chi connectivity index (χ4n) is 4.39. The van der Waals surface area contributed by atoms with Gasteiger partial charge in [0, 0.05) is 44.3 Å². The molecular weight excluding hydrogens is 462 g/mol. The molecule has 0 N–H and O–H groups in total. The zero-order chi connectivity index (χ0) is 23.4. The minimum absolute atomic E-state index is 0.0135. The smallest absolute Gasteiger partial charge is 0.241 e. The SMILES string of the molecule is CCS(=O)(=O)N1Cc2ccccc2CC1C(=O)N1CCN(CCOc2ccc(Cl)cc2)CC1. The third-order valence-corrected chi connectivity index (χ3v) is 8.47. The molecule has 1 fully saturated rings. The van der Waals surface area contributed by atoms with Gasteiger partial charge in [-0.25, -0.2) is 8.42 Å². The predicted molar refractivity (Wildman–Crippen MR) is 129 cm³/mol. The van der Waals surface area contributed by atoms with Crippen LogP contribution in [0.25, 0.3) is 0 Å². The van der Waals surface area contributed by atoms with Crippen LogP contribution in [0.1, 0.15) is 18.1 Å². The summed E-state index contributed by atoms with van der Waals surface area (Å²) in [6, 6.07) is 14.4. The fraction of sp³-hybridized carbons (Fsp3) is 0.458. The monoisotopic (exact) mass is 491 g/mol. The van der Waals surface area contributed by atoms with Gasteiger partial charge in [0.1, 0.15) is 18.4 Å². The Morgan fingerprint density at radius 2 is 1.70 bits per heavy atom. The molecule has 2 aliphatic heterocycles. The van der Waals surface area contributed by atoms with Crippen LogP contribution in [0, 0.1) is 0 Å². The Kier molecular flexibility index (Phi) is 7.58. The van der Waals surface area contributed by atoms with E-state index in [0.29, 0.717) is 31.1 Å². The second kappa shape index (κ2) is 10.4. The highest BCUT2D eigenvalue weighted by Crippen LogP contribution is 2.27. The van der Waals surface area contributed by atoms with Crippen LogP contribution in [0.3, 0.4) is 0 Å². The molecule has 2 heterocycles. The molecule has 4 rings (SSSR count). The summed E-state index contributed by atoms with van der Waals surface area (Å²) in [4.78, 5) is 17.5. The predicted octanol–water partition coefficient (Wildman–Crippen LogP) is 2.64. The average Bonchev–Trinajstić information content (AvgIpc) is 2.84. The molecule has 178 valence electrons. The Balaban J connectivity index is 1.34. The number of sulfonamides is 1. The molecule has 1 unspecified atom stereocenters. The minimum atomic E-state index is -3.50. The van der Waals surface area contributed by atoms with E-state index >= 15 is 0 Å². The molecule has 0 radical (unpaired) electrons. The van der Waals surface area contributed by atoms with Gasteiger partial charge in [-0.1, -0.05) is 35.9 Å². The van der Waals surface area contributed by atoms with E-state index in [1.54, 1.807) is 19.1 Å². The maximum absolute atomic E-state index is 13.4. The van der Waals surface area contributed by atoms with E-state index in [0.717, 1.165) is 36.5 Å². The maximum atomic E-state index is 13.4. The lowest BCUT2D eigenvalue weighted by Crippen LogP contribution is -2.57. The zero-order valence-electron chi connectivity index (χ0n) is 18.8. The van der Waals surface area contributed by atoms with E-state index in [1.165, 1.54) is 4.31 Å². The second-order valence-electron chi connectivity index (χ2n) is 8.40. The summed E-state index contributed by atoms with van der Waals surface area (Å²) in [6.07, 6.45) is 0.420.